The fraction of sp³-hybridized carbons (Fsp3) is 0.286. The summed E-state index contributed by atoms with van der Waals surface area (Å²) in [6, 6.07) is 6.00. The molecule has 0 spiro atoms. The van der Waals surface area contributed by atoms with Gasteiger partial charge in [-0.3, -0.25) is 19.7 Å². The topological polar surface area (TPSA) is 87.7 Å². The molecular weight excluding hydrogens is 396 g/mol. The Morgan fingerprint density at radius 1 is 1.20 bits per heavy atom. The highest BCUT2D eigenvalue weighted by atomic mass is 19.1. The van der Waals surface area contributed by atoms with E-state index in [1.165, 1.54) is 24.1 Å². The van der Waals surface area contributed by atoms with Gasteiger partial charge in [-0.25, -0.2) is 8.78 Å². The van der Waals surface area contributed by atoms with Gasteiger partial charge in [-0.05, 0) is 24.6 Å². The molecule has 9 heteroatoms. The van der Waals surface area contributed by atoms with Crippen LogP contribution in [0.5, 0.6) is 5.75 Å². The lowest BCUT2D eigenvalue weighted by Crippen LogP contribution is -2.52. The number of methoxy groups -OCH3 is 1. The molecule has 2 aromatic rings. The number of hydrogen-bond donors (Lipinski definition) is 2. The highest BCUT2D eigenvalue weighted by molar-refractivity contribution is 6.06. The molecule has 2 aliphatic rings. The second-order valence-electron chi connectivity index (χ2n) is 7.19. The Kier molecular flexibility index (Phi) is 5.11. The van der Waals surface area contributed by atoms with E-state index < -0.39 is 29.5 Å². The molecule has 1 atom stereocenters. The van der Waals surface area contributed by atoms with Gasteiger partial charge in [0.05, 0.1) is 7.11 Å². The Balaban J connectivity index is 1.57. The lowest BCUT2D eigenvalue weighted by Gasteiger charge is -2.29. The van der Waals surface area contributed by atoms with Gasteiger partial charge in [0.2, 0.25) is 11.8 Å². The van der Waals surface area contributed by atoms with Crippen molar-refractivity contribution < 1.29 is 27.9 Å². The van der Waals surface area contributed by atoms with Gasteiger partial charge >= 0.3 is 0 Å². The summed E-state index contributed by atoms with van der Waals surface area (Å²) in [6.45, 7) is 0.159. The Bertz CT molecular complexity index is 1060. The molecule has 30 heavy (non-hydrogen) atoms. The molecule has 3 amide bonds. The number of rotatable bonds is 5. The number of imide groups is 1. The van der Waals surface area contributed by atoms with E-state index in [0.717, 1.165) is 6.07 Å². The van der Waals surface area contributed by atoms with Crippen LogP contribution in [0.2, 0.25) is 0 Å². The molecule has 0 bridgehead atoms. The Hall–Kier alpha value is -3.49. The minimum atomic E-state index is -0.794. The molecule has 156 valence electrons. The summed E-state index contributed by atoms with van der Waals surface area (Å²) >= 11 is 0. The molecule has 4 rings (SSSR count). The Morgan fingerprint density at radius 3 is 2.70 bits per heavy atom. The average Bonchev–Trinajstić information content (AvgIpc) is 3.03. The summed E-state index contributed by atoms with van der Waals surface area (Å²) in [5, 5.41) is 5.22. The van der Waals surface area contributed by atoms with Crippen LogP contribution in [0.1, 0.15) is 34.3 Å². The lowest BCUT2D eigenvalue weighted by molar-refractivity contribution is -0.136. The van der Waals surface area contributed by atoms with Gasteiger partial charge in [0.1, 0.15) is 23.4 Å². The van der Waals surface area contributed by atoms with Crippen molar-refractivity contribution in [1.29, 1.82) is 0 Å². The number of benzene rings is 2. The number of ether oxygens (including phenoxy) is 1. The number of hydrogen-bond acceptors (Lipinski definition) is 5. The van der Waals surface area contributed by atoms with Crippen molar-refractivity contribution in [2.24, 2.45) is 0 Å². The molecule has 0 saturated carbocycles. The summed E-state index contributed by atoms with van der Waals surface area (Å²) in [6.07, 6.45) is 0.347. The van der Waals surface area contributed by atoms with E-state index in [1.807, 2.05) is 0 Å². The van der Waals surface area contributed by atoms with Crippen LogP contribution in [-0.4, -0.2) is 35.8 Å². The van der Waals surface area contributed by atoms with E-state index in [-0.39, 0.29) is 37.4 Å². The summed E-state index contributed by atoms with van der Waals surface area (Å²) in [7, 11) is 1.44. The molecule has 0 aliphatic carbocycles. The number of piperidine rings is 1. The van der Waals surface area contributed by atoms with Crippen molar-refractivity contribution in [2.45, 2.75) is 32.0 Å². The number of carbonyl (C=O) groups excluding carboxylic acids is 3. The molecule has 2 aliphatic heterocycles. The van der Waals surface area contributed by atoms with Crippen molar-refractivity contribution in [3.63, 3.8) is 0 Å². The number of fused-ring (bicyclic) bond motifs is 1. The maximum Gasteiger partial charge on any atom is 0.255 e. The third-order valence-corrected chi connectivity index (χ3v) is 5.35. The Labute approximate surface area is 171 Å². The molecule has 1 saturated heterocycles. The maximum absolute atomic E-state index is 14.2. The zero-order chi connectivity index (χ0) is 21.4. The molecular formula is C21H19F2N3O4. The van der Waals surface area contributed by atoms with Gasteiger partial charge in [0, 0.05) is 48.0 Å². The molecule has 0 aromatic heterocycles. The molecule has 0 radical (unpaired) electrons. The minimum absolute atomic E-state index is 0.0678. The van der Waals surface area contributed by atoms with E-state index in [2.05, 4.69) is 10.6 Å². The van der Waals surface area contributed by atoms with Crippen LogP contribution in [0.4, 0.5) is 14.5 Å². The predicted octanol–water partition coefficient (Wildman–Crippen LogP) is 2.35. The number of amides is 3. The number of carbonyl (C=O) groups is 3. The van der Waals surface area contributed by atoms with Crippen LogP contribution >= 0.6 is 0 Å². The molecule has 7 nitrogen and oxygen atoms in total. The number of nitrogens with one attached hydrogen (secondary N) is 2. The van der Waals surface area contributed by atoms with Gasteiger partial charge in [-0.15, -0.1) is 0 Å². The van der Waals surface area contributed by atoms with Gasteiger partial charge in [-0.2, -0.15) is 0 Å². The molecule has 2 aromatic carbocycles. The van der Waals surface area contributed by atoms with Crippen LogP contribution in [0.25, 0.3) is 0 Å². The number of halogens is 2. The quantitative estimate of drug-likeness (QED) is 0.732. The van der Waals surface area contributed by atoms with Crippen LogP contribution in [0, 0.1) is 11.6 Å². The summed E-state index contributed by atoms with van der Waals surface area (Å²) < 4.78 is 33.4. The van der Waals surface area contributed by atoms with Crippen LogP contribution in [0.15, 0.2) is 30.3 Å². The zero-order valence-corrected chi connectivity index (χ0v) is 16.1. The van der Waals surface area contributed by atoms with E-state index in [0.29, 0.717) is 22.6 Å². The standard InChI is InChI=1S/C21H19F2N3O4/c1-30-13-3-2-11(16(23)8-13)9-24-17-7-12(22)6-14-15(17)10-26(21(14)29)18-4-5-19(27)25-20(18)28/h2-3,6-8,18,24H,4-5,9-10H2,1H3,(H,25,27,28). The fourth-order valence-electron chi connectivity index (χ4n) is 3.77. The van der Waals surface area contributed by atoms with E-state index in [9.17, 15) is 23.2 Å². The van der Waals surface area contributed by atoms with Gasteiger partial charge in [-0.1, -0.05) is 6.07 Å². The second kappa shape index (κ2) is 7.74. The summed E-state index contributed by atoms with van der Waals surface area (Å²) in [5.74, 6) is -2.11. The molecule has 1 unspecified atom stereocenters. The van der Waals surface area contributed by atoms with E-state index >= 15 is 0 Å². The predicted molar refractivity (Wildman–Crippen MR) is 103 cm³/mol. The van der Waals surface area contributed by atoms with Gasteiger partial charge in [0.15, 0.2) is 0 Å². The van der Waals surface area contributed by atoms with Crippen molar-refractivity contribution >= 4 is 23.4 Å². The number of nitrogens with zero attached hydrogens (tertiary/aromatic N) is 1. The largest absolute Gasteiger partial charge is 0.497 e. The zero-order valence-electron chi connectivity index (χ0n) is 16.1. The minimum Gasteiger partial charge on any atom is -0.497 e. The first-order chi connectivity index (χ1) is 14.4. The van der Waals surface area contributed by atoms with Crippen molar-refractivity contribution in [1.82, 2.24) is 10.2 Å². The van der Waals surface area contributed by atoms with E-state index in [1.54, 1.807) is 12.1 Å². The highest BCUT2D eigenvalue weighted by Crippen LogP contribution is 2.33. The van der Waals surface area contributed by atoms with Gasteiger partial charge in [0.25, 0.3) is 5.91 Å². The van der Waals surface area contributed by atoms with Crippen LogP contribution in [0.3, 0.4) is 0 Å². The highest BCUT2D eigenvalue weighted by Gasteiger charge is 2.40. The lowest BCUT2D eigenvalue weighted by atomic mass is 10.0. The first-order valence-corrected chi connectivity index (χ1v) is 9.40. The third-order valence-electron chi connectivity index (χ3n) is 5.35. The van der Waals surface area contributed by atoms with Crippen molar-refractivity contribution in [3.05, 3.63) is 58.7 Å². The molecule has 1 fully saturated rings. The molecule has 2 N–H and O–H groups in total. The third kappa shape index (κ3) is 3.58. The number of anilines is 1. The van der Waals surface area contributed by atoms with E-state index in [4.69, 9.17) is 4.74 Å². The first-order valence-electron chi connectivity index (χ1n) is 9.40. The fourth-order valence-corrected chi connectivity index (χ4v) is 3.77. The normalized spacial score (nSPS) is 18.3. The summed E-state index contributed by atoms with van der Waals surface area (Å²) in [4.78, 5) is 37.7. The maximum atomic E-state index is 14.2. The Morgan fingerprint density at radius 2 is 2.00 bits per heavy atom. The first kappa shape index (κ1) is 19.8. The van der Waals surface area contributed by atoms with Crippen molar-refractivity contribution in [2.75, 3.05) is 12.4 Å². The average molecular weight is 415 g/mol. The smallest absolute Gasteiger partial charge is 0.255 e. The van der Waals surface area contributed by atoms with Crippen molar-refractivity contribution in [3.8, 4) is 5.75 Å². The SMILES string of the molecule is COc1ccc(CNc2cc(F)cc3c2CN(C2CCC(=O)NC2=O)C3=O)c(F)c1. The van der Waals surface area contributed by atoms with Gasteiger partial charge < -0.3 is 15.0 Å². The molecule has 2 heterocycles. The van der Waals surface area contributed by atoms with Crippen LogP contribution in [-0.2, 0) is 22.7 Å². The monoisotopic (exact) mass is 415 g/mol. The second-order valence-corrected chi connectivity index (χ2v) is 7.19. The summed E-state index contributed by atoms with van der Waals surface area (Å²) in [5.41, 5.74) is 1.38. The van der Waals surface area contributed by atoms with Crippen LogP contribution < -0.4 is 15.4 Å².